The number of aryl methyl sites for hydroxylation is 1. The van der Waals surface area contributed by atoms with Gasteiger partial charge in [0.15, 0.2) is 0 Å². The zero-order valence-corrected chi connectivity index (χ0v) is 31.8. The summed E-state index contributed by atoms with van der Waals surface area (Å²) in [5, 5.41) is 8.44. The maximum atomic E-state index is 10.3. The highest BCUT2D eigenvalue weighted by atomic mass is 16.6. The monoisotopic (exact) mass is 748 g/mol. The molecule has 0 atom stereocenters. The topological polar surface area (TPSA) is 148 Å². The summed E-state index contributed by atoms with van der Waals surface area (Å²) in [5.41, 5.74) is 1.37. The summed E-state index contributed by atoms with van der Waals surface area (Å²) in [6, 6.07) is 8.42. The highest BCUT2D eigenvalue weighted by molar-refractivity contribution is 5.67. The van der Waals surface area contributed by atoms with E-state index in [1.165, 1.54) is 44.1 Å². The first-order valence-electron chi connectivity index (χ1n) is 19.0. The second-order valence-electron chi connectivity index (χ2n) is 11.6. The van der Waals surface area contributed by atoms with Crippen molar-refractivity contribution in [3.8, 4) is 5.75 Å². The van der Waals surface area contributed by atoms with Gasteiger partial charge in [-0.2, -0.15) is 0 Å². The first-order chi connectivity index (χ1) is 25.7. The zero-order chi connectivity index (χ0) is 37.3. The van der Waals surface area contributed by atoms with Gasteiger partial charge in [0.05, 0.1) is 139 Å². The lowest BCUT2D eigenvalue weighted by molar-refractivity contribution is -0.142. The van der Waals surface area contributed by atoms with Gasteiger partial charge in [0, 0.05) is 0 Å². The molecule has 1 aromatic rings. The van der Waals surface area contributed by atoms with Crippen molar-refractivity contribution in [1.82, 2.24) is 0 Å². The third-order valence-electron chi connectivity index (χ3n) is 7.18. The summed E-state index contributed by atoms with van der Waals surface area (Å²) >= 11 is 0. The van der Waals surface area contributed by atoms with Gasteiger partial charge in [-0.1, -0.05) is 51.2 Å². The average molecular weight is 749 g/mol. The van der Waals surface area contributed by atoms with E-state index in [0.717, 1.165) is 12.2 Å². The smallest absolute Gasteiger partial charge is 0.329 e. The summed E-state index contributed by atoms with van der Waals surface area (Å²) in [6.07, 6.45) is 9.06. The standard InChI is InChI=1S/C38H68O14/c1-2-3-4-5-6-7-8-36-9-11-37(12-10-36)52-34-33-50-30-29-48-26-25-46-22-21-44-18-17-42-14-13-41-15-16-43-19-20-45-23-24-47-27-28-49-31-32-51-35-38(39)40/h9-12H,2-8,13-35H2,1H3,(H,39,40). The van der Waals surface area contributed by atoms with Gasteiger partial charge in [0.25, 0.3) is 0 Å². The van der Waals surface area contributed by atoms with Gasteiger partial charge < -0.3 is 61.9 Å². The molecule has 0 aliphatic rings. The molecule has 0 radical (unpaired) electrons. The number of benzene rings is 1. The van der Waals surface area contributed by atoms with Gasteiger partial charge in [-0.15, -0.1) is 0 Å². The van der Waals surface area contributed by atoms with Crippen LogP contribution in [-0.2, 0) is 63.3 Å². The molecule has 1 N–H and O–H groups in total. The summed E-state index contributed by atoms with van der Waals surface area (Å²) in [6.45, 7) is 12.3. The molecule has 0 amide bonds. The molecule has 0 heterocycles. The van der Waals surface area contributed by atoms with Crippen LogP contribution in [0, 0.1) is 0 Å². The van der Waals surface area contributed by atoms with Crippen LogP contribution in [0.4, 0.5) is 0 Å². The lowest BCUT2D eigenvalue weighted by Gasteiger charge is -2.09. The highest BCUT2D eigenvalue weighted by Crippen LogP contribution is 2.15. The maximum absolute atomic E-state index is 10.3. The molecule has 0 aromatic heterocycles. The Labute approximate surface area is 311 Å². The molecule has 1 aromatic carbocycles. The van der Waals surface area contributed by atoms with Crippen LogP contribution in [0.3, 0.4) is 0 Å². The number of rotatable bonds is 43. The molecule has 0 aliphatic carbocycles. The molecule has 304 valence electrons. The molecule has 0 saturated heterocycles. The second-order valence-corrected chi connectivity index (χ2v) is 11.6. The Bertz CT molecular complexity index is 861. The van der Waals surface area contributed by atoms with Crippen LogP contribution >= 0.6 is 0 Å². The molecule has 0 spiro atoms. The van der Waals surface area contributed by atoms with Gasteiger partial charge in [-0.25, -0.2) is 4.79 Å². The Morgan fingerprint density at radius 2 is 0.731 bits per heavy atom. The number of aliphatic carboxylic acids is 1. The molecule has 14 heteroatoms. The minimum absolute atomic E-state index is 0.241. The Balaban J connectivity index is 1.68. The molecule has 52 heavy (non-hydrogen) atoms. The number of carboxylic acids is 1. The Morgan fingerprint density at radius 3 is 1.08 bits per heavy atom. The normalized spacial score (nSPS) is 11.4. The van der Waals surface area contributed by atoms with Crippen molar-refractivity contribution in [1.29, 1.82) is 0 Å². The Hall–Kier alpha value is -1.95. The molecule has 0 bridgehead atoms. The summed E-state index contributed by atoms with van der Waals surface area (Å²) < 4.78 is 65.2. The van der Waals surface area contributed by atoms with Crippen molar-refractivity contribution < 1.29 is 66.7 Å². The Morgan fingerprint density at radius 1 is 0.423 bits per heavy atom. The number of ether oxygens (including phenoxy) is 12. The van der Waals surface area contributed by atoms with E-state index >= 15 is 0 Å². The minimum atomic E-state index is -0.995. The fraction of sp³-hybridized carbons (Fsp3) is 0.816. The van der Waals surface area contributed by atoms with E-state index in [0.29, 0.717) is 139 Å². The van der Waals surface area contributed by atoms with Crippen molar-refractivity contribution in [3.05, 3.63) is 29.8 Å². The van der Waals surface area contributed by atoms with Crippen LogP contribution < -0.4 is 4.74 Å². The summed E-state index contributed by atoms with van der Waals surface area (Å²) in [4.78, 5) is 10.3. The van der Waals surface area contributed by atoms with Crippen molar-refractivity contribution in [3.63, 3.8) is 0 Å². The fourth-order valence-corrected chi connectivity index (χ4v) is 4.44. The first kappa shape index (κ1) is 48.1. The van der Waals surface area contributed by atoms with Crippen LogP contribution in [0.1, 0.15) is 51.0 Å². The number of carbonyl (C=O) groups is 1. The van der Waals surface area contributed by atoms with Crippen molar-refractivity contribution in [2.45, 2.75) is 51.9 Å². The lowest BCUT2D eigenvalue weighted by atomic mass is 10.0. The van der Waals surface area contributed by atoms with Crippen LogP contribution in [0.25, 0.3) is 0 Å². The van der Waals surface area contributed by atoms with E-state index in [2.05, 4.69) is 19.1 Å². The molecule has 0 saturated carbocycles. The third kappa shape index (κ3) is 36.4. The number of hydrogen-bond donors (Lipinski definition) is 1. The fourth-order valence-electron chi connectivity index (χ4n) is 4.44. The van der Waals surface area contributed by atoms with E-state index in [1.54, 1.807) is 0 Å². The van der Waals surface area contributed by atoms with E-state index in [9.17, 15) is 4.79 Å². The molecule has 0 fully saturated rings. The number of carboxylic acid groups (broad SMARTS) is 1. The largest absolute Gasteiger partial charge is 0.491 e. The summed E-state index contributed by atoms with van der Waals surface area (Å²) in [7, 11) is 0. The van der Waals surface area contributed by atoms with E-state index < -0.39 is 5.97 Å². The van der Waals surface area contributed by atoms with Crippen molar-refractivity contribution in [2.24, 2.45) is 0 Å². The summed E-state index contributed by atoms with van der Waals surface area (Å²) in [5.74, 6) is -0.116. The van der Waals surface area contributed by atoms with E-state index in [-0.39, 0.29) is 13.2 Å². The average Bonchev–Trinajstić information content (AvgIpc) is 3.15. The van der Waals surface area contributed by atoms with Crippen molar-refractivity contribution >= 4 is 5.97 Å². The number of unbranched alkanes of at least 4 members (excludes halogenated alkanes) is 5. The van der Waals surface area contributed by atoms with Crippen LogP contribution in [0.15, 0.2) is 24.3 Å². The molecule has 0 aliphatic heterocycles. The Kier molecular flexibility index (Phi) is 37.2. The van der Waals surface area contributed by atoms with Gasteiger partial charge in [-0.3, -0.25) is 0 Å². The predicted molar refractivity (Wildman–Crippen MR) is 196 cm³/mol. The SMILES string of the molecule is CCCCCCCCc1ccc(OCCOCCOCCOCCOCCOCCOCCOCCOCCOCCOCCOCC(=O)O)cc1. The third-order valence-corrected chi connectivity index (χ3v) is 7.18. The van der Waals surface area contributed by atoms with Gasteiger partial charge >= 0.3 is 5.97 Å². The maximum Gasteiger partial charge on any atom is 0.329 e. The van der Waals surface area contributed by atoms with Crippen LogP contribution in [-0.4, -0.2) is 163 Å². The lowest BCUT2D eigenvalue weighted by Crippen LogP contribution is -2.15. The first-order valence-corrected chi connectivity index (χ1v) is 19.0. The van der Waals surface area contributed by atoms with E-state index in [1.807, 2.05) is 12.1 Å². The second kappa shape index (κ2) is 40.2. The van der Waals surface area contributed by atoms with Crippen LogP contribution in [0.5, 0.6) is 5.75 Å². The highest BCUT2D eigenvalue weighted by Gasteiger charge is 2.00. The molecular formula is C38H68O14. The van der Waals surface area contributed by atoms with Gasteiger partial charge in [0.2, 0.25) is 0 Å². The van der Waals surface area contributed by atoms with Gasteiger partial charge in [-0.05, 0) is 30.5 Å². The molecule has 1 rings (SSSR count). The molecule has 14 nitrogen and oxygen atoms in total. The van der Waals surface area contributed by atoms with Crippen LogP contribution in [0.2, 0.25) is 0 Å². The molecular weight excluding hydrogens is 680 g/mol. The van der Waals surface area contributed by atoms with Crippen molar-refractivity contribution in [2.75, 3.05) is 152 Å². The quantitative estimate of drug-likeness (QED) is 0.0950. The van der Waals surface area contributed by atoms with Gasteiger partial charge in [0.1, 0.15) is 19.0 Å². The van der Waals surface area contributed by atoms with E-state index in [4.69, 9.17) is 61.9 Å². The molecule has 0 unspecified atom stereocenters. The zero-order valence-electron chi connectivity index (χ0n) is 31.8. The number of hydrogen-bond acceptors (Lipinski definition) is 13. The minimum Gasteiger partial charge on any atom is -0.491 e. The predicted octanol–water partition coefficient (Wildman–Crippen LogP) is 4.24.